The number of nitrogens with zero attached hydrogens (tertiary/aromatic N) is 3. The van der Waals surface area contributed by atoms with Crippen molar-refractivity contribution in [3.8, 4) is 0 Å². The van der Waals surface area contributed by atoms with E-state index in [2.05, 4.69) is 15.5 Å². The SMILES string of the molecule is CC(C)c1noc([C@H](C)N(C)CC(=O)NC(C)(C)C)n1. The maximum atomic E-state index is 11.9. The first-order chi connectivity index (χ1) is 9.10. The summed E-state index contributed by atoms with van der Waals surface area (Å²) in [7, 11) is 1.87. The largest absolute Gasteiger partial charge is 0.350 e. The zero-order valence-corrected chi connectivity index (χ0v) is 13.5. The molecule has 114 valence electrons. The molecule has 0 aliphatic carbocycles. The number of likely N-dealkylation sites (N-methyl/N-ethyl adjacent to an activating group) is 1. The molecule has 0 fully saturated rings. The number of hydrogen-bond donors (Lipinski definition) is 1. The third-order valence-electron chi connectivity index (χ3n) is 2.90. The van der Waals surface area contributed by atoms with Gasteiger partial charge in [-0.05, 0) is 34.7 Å². The third-order valence-corrected chi connectivity index (χ3v) is 2.90. The Bertz CT molecular complexity index is 448. The molecule has 0 aromatic carbocycles. The van der Waals surface area contributed by atoms with Gasteiger partial charge in [-0.25, -0.2) is 0 Å². The molecule has 0 spiro atoms. The summed E-state index contributed by atoms with van der Waals surface area (Å²) in [5, 5.41) is 6.88. The Morgan fingerprint density at radius 3 is 2.40 bits per heavy atom. The fourth-order valence-corrected chi connectivity index (χ4v) is 1.66. The van der Waals surface area contributed by atoms with Gasteiger partial charge in [0.25, 0.3) is 0 Å². The molecule has 1 amide bonds. The number of carbonyl (C=O) groups is 1. The van der Waals surface area contributed by atoms with Gasteiger partial charge in [0.05, 0.1) is 12.6 Å². The Balaban J connectivity index is 2.62. The van der Waals surface area contributed by atoms with Crippen molar-refractivity contribution < 1.29 is 9.32 Å². The highest BCUT2D eigenvalue weighted by atomic mass is 16.5. The highest BCUT2D eigenvalue weighted by Crippen LogP contribution is 2.19. The number of aromatic nitrogens is 2. The van der Waals surface area contributed by atoms with Crippen molar-refractivity contribution in [2.45, 2.75) is 59.0 Å². The molecule has 1 aromatic heterocycles. The van der Waals surface area contributed by atoms with Crippen LogP contribution in [0.25, 0.3) is 0 Å². The fraction of sp³-hybridized carbons (Fsp3) is 0.786. The van der Waals surface area contributed by atoms with Crippen molar-refractivity contribution in [2.24, 2.45) is 0 Å². The maximum Gasteiger partial charge on any atom is 0.243 e. The molecule has 0 saturated carbocycles. The fourth-order valence-electron chi connectivity index (χ4n) is 1.66. The summed E-state index contributed by atoms with van der Waals surface area (Å²) >= 11 is 0. The predicted octanol–water partition coefficient (Wildman–Crippen LogP) is 2.10. The van der Waals surface area contributed by atoms with Gasteiger partial charge in [-0.3, -0.25) is 9.69 Å². The second kappa shape index (κ2) is 6.35. The smallest absolute Gasteiger partial charge is 0.243 e. The van der Waals surface area contributed by atoms with Crippen LogP contribution in [0.1, 0.15) is 65.2 Å². The molecule has 1 atom stereocenters. The van der Waals surface area contributed by atoms with Crippen LogP contribution in [0, 0.1) is 0 Å². The van der Waals surface area contributed by atoms with Crippen LogP contribution >= 0.6 is 0 Å². The minimum Gasteiger partial charge on any atom is -0.350 e. The lowest BCUT2D eigenvalue weighted by atomic mass is 10.1. The molecule has 6 nitrogen and oxygen atoms in total. The highest BCUT2D eigenvalue weighted by molar-refractivity contribution is 5.78. The van der Waals surface area contributed by atoms with Crippen LogP contribution < -0.4 is 5.32 Å². The Labute approximate surface area is 120 Å². The Hall–Kier alpha value is -1.43. The minimum atomic E-state index is -0.226. The summed E-state index contributed by atoms with van der Waals surface area (Å²) in [4.78, 5) is 18.1. The van der Waals surface area contributed by atoms with Crippen LogP contribution in [0.15, 0.2) is 4.52 Å². The van der Waals surface area contributed by atoms with E-state index in [0.29, 0.717) is 11.7 Å². The standard InChI is InChI=1S/C14H26N4O2/c1-9(2)12-15-13(20-17-12)10(3)18(7)8-11(19)16-14(4,5)6/h9-10H,8H2,1-7H3,(H,16,19)/t10-/m0/s1. The Kier molecular flexibility index (Phi) is 5.28. The number of nitrogens with one attached hydrogen (secondary N) is 1. The zero-order valence-electron chi connectivity index (χ0n) is 13.5. The van der Waals surface area contributed by atoms with Crippen molar-refractivity contribution >= 4 is 5.91 Å². The van der Waals surface area contributed by atoms with Gasteiger partial charge in [-0.1, -0.05) is 19.0 Å². The minimum absolute atomic E-state index is 0.0181. The highest BCUT2D eigenvalue weighted by Gasteiger charge is 2.22. The second-order valence-electron chi connectivity index (χ2n) is 6.53. The summed E-state index contributed by atoms with van der Waals surface area (Å²) in [6.07, 6.45) is 0. The van der Waals surface area contributed by atoms with E-state index in [1.807, 2.05) is 53.5 Å². The van der Waals surface area contributed by atoms with E-state index in [0.717, 1.165) is 0 Å². The summed E-state index contributed by atoms with van der Waals surface area (Å²) in [6, 6.07) is -0.0966. The molecule has 0 radical (unpaired) electrons. The van der Waals surface area contributed by atoms with Crippen LogP contribution in [0.3, 0.4) is 0 Å². The van der Waals surface area contributed by atoms with Crippen molar-refractivity contribution in [1.82, 2.24) is 20.4 Å². The lowest BCUT2D eigenvalue weighted by Gasteiger charge is -2.25. The Morgan fingerprint density at radius 2 is 1.95 bits per heavy atom. The predicted molar refractivity (Wildman–Crippen MR) is 77.3 cm³/mol. The van der Waals surface area contributed by atoms with E-state index >= 15 is 0 Å². The summed E-state index contributed by atoms with van der Waals surface area (Å²) < 4.78 is 5.26. The molecule has 1 rings (SSSR count). The molecule has 6 heteroatoms. The summed E-state index contributed by atoms with van der Waals surface area (Å²) in [5.74, 6) is 1.45. The number of amides is 1. The van der Waals surface area contributed by atoms with E-state index in [4.69, 9.17) is 4.52 Å². The van der Waals surface area contributed by atoms with Crippen molar-refractivity contribution in [3.05, 3.63) is 11.7 Å². The molecule has 0 saturated heterocycles. The lowest BCUT2D eigenvalue weighted by molar-refractivity contribution is -0.123. The average molecular weight is 282 g/mol. The van der Waals surface area contributed by atoms with Crippen LogP contribution in [-0.4, -0.2) is 40.1 Å². The molecule has 0 aliphatic heterocycles. The molecule has 1 heterocycles. The van der Waals surface area contributed by atoms with Gasteiger partial charge in [0.15, 0.2) is 5.82 Å². The summed E-state index contributed by atoms with van der Waals surface area (Å²) in [5.41, 5.74) is -0.226. The Morgan fingerprint density at radius 1 is 1.35 bits per heavy atom. The first-order valence-electron chi connectivity index (χ1n) is 6.95. The van der Waals surface area contributed by atoms with Crippen LogP contribution in [0.2, 0.25) is 0 Å². The van der Waals surface area contributed by atoms with Gasteiger partial charge in [0, 0.05) is 11.5 Å². The van der Waals surface area contributed by atoms with E-state index in [1.165, 1.54) is 0 Å². The lowest BCUT2D eigenvalue weighted by Crippen LogP contribution is -2.45. The van der Waals surface area contributed by atoms with E-state index in [-0.39, 0.29) is 30.0 Å². The maximum absolute atomic E-state index is 11.9. The molecule has 1 aromatic rings. The molecule has 0 unspecified atom stereocenters. The van der Waals surface area contributed by atoms with Gasteiger partial charge >= 0.3 is 0 Å². The first-order valence-corrected chi connectivity index (χ1v) is 6.95. The van der Waals surface area contributed by atoms with Gasteiger partial charge < -0.3 is 9.84 Å². The molecule has 0 aliphatic rings. The topological polar surface area (TPSA) is 71.3 Å². The second-order valence-corrected chi connectivity index (χ2v) is 6.53. The van der Waals surface area contributed by atoms with E-state index in [1.54, 1.807) is 0 Å². The van der Waals surface area contributed by atoms with Gasteiger partial charge in [0.2, 0.25) is 11.8 Å². The first kappa shape index (κ1) is 16.6. The monoisotopic (exact) mass is 282 g/mol. The molecule has 20 heavy (non-hydrogen) atoms. The number of rotatable bonds is 5. The van der Waals surface area contributed by atoms with Gasteiger partial charge in [-0.15, -0.1) is 0 Å². The van der Waals surface area contributed by atoms with Crippen LogP contribution in [0.4, 0.5) is 0 Å². The van der Waals surface area contributed by atoms with E-state index in [9.17, 15) is 4.79 Å². The quantitative estimate of drug-likeness (QED) is 0.895. The third kappa shape index (κ3) is 4.92. The molecular formula is C14H26N4O2. The van der Waals surface area contributed by atoms with Crippen LogP contribution in [0.5, 0.6) is 0 Å². The van der Waals surface area contributed by atoms with Gasteiger partial charge in [0.1, 0.15) is 0 Å². The summed E-state index contributed by atoms with van der Waals surface area (Å²) in [6.45, 7) is 12.1. The van der Waals surface area contributed by atoms with Crippen LogP contribution in [-0.2, 0) is 4.79 Å². The molecule has 1 N–H and O–H groups in total. The average Bonchev–Trinajstić information content (AvgIpc) is 2.74. The molecule has 0 bridgehead atoms. The molecular weight excluding hydrogens is 256 g/mol. The van der Waals surface area contributed by atoms with E-state index < -0.39 is 0 Å². The number of carbonyl (C=O) groups excluding carboxylic acids is 1. The van der Waals surface area contributed by atoms with Gasteiger partial charge in [-0.2, -0.15) is 4.98 Å². The van der Waals surface area contributed by atoms with Crippen molar-refractivity contribution in [2.75, 3.05) is 13.6 Å². The number of hydrogen-bond acceptors (Lipinski definition) is 5. The van der Waals surface area contributed by atoms with Crippen molar-refractivity contribution in [3.63, 3.8) is 0 Å². The van der Waals surface area contributed by atoms with Crippen molar-refractivity contribution in [1.29, 1.82) is 0 Å². The zero-order chi connectivity index (χ0) is 15.5. The normalized spacial score (nSPS) is 13.8.